The van der Waals surface area contributed by atoms with Crippen LogP contribution in [0.1, 0.15) is 37.2 Å². The molecule has 0 saturated heterocycles. The zero-order chi connectivity index (χ0) is 11.7. The minimum absolute atomic E-state index is 0.732. The van der Waals surface area contributed by atoms with Crippen molar-refractivity contribution in [2.45, 2.75) is 40.5 Å². The van der Waals surface area contributed by atoms with E-state index in [1.54, 1.807) is 0 Å². The number of nitrogens with one attached hydrogen (secondary N) is 1. The molecular formula is C14H20N2. The van der Waals surface area contributed by atoms with Crippen molar-refractivity contribution in [1.29, 1.82) is 0 Å². The molecule has 2 heteroatoms. The minimum Gasteiger partial charge on any atom is -0.342 e. The van der Waals surface area contributed by atoms with Gasteiger partial charge in [-0.15, -0.1) is 0 Å². The molecule has 1 N–H and O–H groups in total. The third kappa shape index (κ3) is 2.26. The Bertz CT molecular complexity index is 495. The molecule has 1 aromatic carbocycles. The SMILES string of the molecule is Cc1cc(C)c2nc(CCC(C)C)[nH]c2c1. The summed E-state index contributed by atoms with van der Waals surface area (Å²) >= 11 is 0. The number of imidazole rings is 1. The zero-order valence-corrected chi connectivity index (χ0v) is 10.6. The zero-order valence-electron chi connectivity index (χ0n) is 10.6. The van der Waals surface area contributed by atoms with E-state index in [1.807, 2.05) is 0 Å². The van der Waals surface area contributed by atoms with Gasteiger partial charge in [-0.3, -0.25) is 0 Å². The van der Waals surface area contributed by atoms with E-state index in [-0.39, 0.29) is 0 Å². The van der Waals surface area contributed by atoms with E-state index in [2.05, 4.69) is 49.8 Å². The Labute approximate surface area is 97.1 Å². The summed E-state index contributed by atoms with van der Waals surface area (Å²) in [6.45, 7) is 8.75. The van der Waals surface area contributed by atoms with Crippen LogP contribution in [-0.4, -0.2) is 9.97 Å². The predicted octanol–water partition coefficient (Wildman–Crippen LogP) is 3.77. The molecule has 16 heavy (non-hydrogen) atoms. The van der Waals surface area contributed by atoms with Crippen molar-refractivity contribution in [3.05, 3.63) is 29.1 Å². The Morgan fingerprint density at radius 2 is 2.00 bits per heavy atom. The summed E-state index contributed by atoms with van der Waals surface area (Å²) in [5.74, 6) is 1.86. The first-order valence-electron chi connectivity index (χ1n) is 6.02. The van der Waals surface area contributed by atoms with E-state index in [0.29, 0.717) is 0 Å². The third-order valence-corrected chi connectivity index (χ3v) is 2.93. The van der Waals surface area contributed by atoms with E-state index < -0.39 is 0 Å². The van der Waals surface area contributed by atoms with Crippen LogP contribution in [0.3, 0.4) is 0 Å². The molecule has 2 rings (SSSR count). The maximum Gasteiger partial charge on any atom is 0.107 e. The molecule has 0 aliphatic heterocycles. The number of nitrogens with zero attached hydrogens (tertiary/aromatic N) is 1. The lowest BCUT2D eigenvalue weighted by Crippen LogP contribution is -1.93. The highest BCUT2D eigenvalue weighted by molar-refractivity contribution is 5.79. The van der Waals surface area contributed by atoms with E-state index in [0.717, 1.165) is 23.7 Å². The molecule has 0 amide bonds. The Balaban J connectivity index is 2.33. The second kappa shape index (κ2) is 4.28. The minimum atomic E-state index is 0.732. The Hall–Kier alpha value is -1.31. The number of H-pyrrole nitrogens is 1. The van der Waals surface area contributed by atoms with Crippen LogP contribution in [0.4, 0.5) is 0 Å². The normalized spacial score (nSPS) is 11.6. The second-order valence-corrected chi connectivity index (χ2v) is 5.09. The maximum atomic E-state index is 4.67. The molecule has 0 atom stereocenters. The summed E-state index contributed by atoms with van der Waals surface area (Å²) in [5, 5.41) is 0. The number of rotatable bonds is 3. The molecule has 0 saturated carbocycles. The van der Waals surface area contributed by atoms with Crippen LogP contribution in [0.5, 0.6) is 0 Å². The lowest BCUT2D eigenvalue weighted by Gasteiger charge is -2.00. The molecule has 0 radical (unpaired) electrons. The Kier molecular flexibility index (Phi) is 2.99. The van der Waals surface area contributed by atoms with Crippen LogP contribution < -0.4 is 0 Å². The van der Waals surface area contributed by atoms with Gasteiger partial charge in [0.15, 0.2) is 0 Å². The lowest BCUT2D eigenvalue weighted by atomic mass is 10.1. The molecule has 0 fully saturated rings. The molecule has 0 spiro atoms. The molecule has 0 bridgehead atoms. The second-order valence-electron chi connectivity index (χ2n) is 5.09. The number of aromatic amines is 1. The van der Waals surface area contributed by atoms with Gasteiger partial charge in [-0.05, 0) is 43.4 Å². The number of fused-ring (bicyclic) bond motifs is 1. The Morgan fingerprint density at radius 3 is 2.69 bits per heavy atom. The van der Waals surface area contributed by atoms with Crippen LogP contribution in [0, 0.1) is 19.8 Å². The quantitative estimate of drug-likeness (QED) is 0.831. The van der Waals surface area contributed by atoms with Gasteiger partial charge in [-0.25, -0.2) is 4.98 Å². The van der Waals surface area contributed by atoms with Crippen molar-refractivity contribution in [2.24, 2.45) is 5.92 Å². The van der Waals surface area contributed by atoms with Crippen molar-refractivity contribution in [2.75, 3.05) is 0 Å². The van der Waals surface area contributed by atoms with Gasteiger partial charge < -0.3 is 4.98 Å². The first-order valence-corrected chi connectivity index (χ1v) is 6.02. The number of aryl methyl sites for hydroxylation is 3. The monoisotopic (exact) mass is 216 g/mol. The van der Waals surface area contributed by atoms with Gasteiger partial charge in [0.2, 0.25) is 0 Å². The van der Waals surface area contributed by atoms with E-state index >= 15 is 0 Å². The average Bonchev–Trinajstić information content (AvgIpc) is 2.57. The fraction of sp³-hybridized carbons (Fsp3) is 0.500. The number of aromatic nitrogens is 2. The lowest BCUT2D eigenvalue weighted by molar-refractivity contribution is 0.577. The largest absolute Gasteiger partial charge is 0.342 e. The molecular weight excluding hydrogens is 196 g/mol. The highest BCUT2D eigenvalue weighted by atomic mass is 14.9. The number of benzene rings is 1. The molecule has 1 aromatic heterocycles. The van der Waals surface area contributed by atoms with Crippen molar-refractivity contribution in [3.8, 4) is 0 Å². The van der Waals surface area contributed by atoms with Gasteiger partial charge in [0, 0.05) is 6.42 Å². The van der Waals surface area contributed by atoms with Crippen LogP contribution in [0.2, 0.25) is 0 Å². The average molecular weight is 216 g/mol. The van der Waals surface area contributed by atoms with Crippen LogP contribution in [0.25, 0.3) is 11.0 Å². The van der Waals surface area contributed by atoms with Gasteiger partial charge in [0.25, 0.3) is 0 Å². The summed E-state index contributed by atoms with van der Waals surface area (Å²) < 4.78 is 0. The summed E-state index contributed by atoms with van der Waals surface area (Å²) in [6, 6.07) is 4.36. The smallest absolute Gasteiger partial charge is 0.107 e. The first kappa shape index (κ1) is 11.2. The van der Waals surface area contributed by atoms with Crippen LogP contribution in [0.15, 0.2) is 12.1 Å². The summed E-state index contributed by atoms with van der Waals surface area (Å²) in [5.41, 5.74) is 4.87. The standard InChI is InChI=1S/C14H20N2/c1-9(2)5-6-13-15-12-8-10(3)7-11(4)14(12)16-13/h7-9H,5-6H2,1-4H3,(H,15,16). The molecule has 86 valence electrons. The van der Waals surface area contributed by atoms with Gasteiger partial charge >= 0.3 is 0 Å². The fourth-order valence-electron chi connectivity index (χ4n) is 2.07. The molecule has 0 aliphatic rings. The van der Waals surface area contributed by atoms with Gasteiger partial charge in [0.1, 0.15) is 5.82 Å². The Morgan fingerprint density at radius 1 is 1.25 bits per heavy atom. The van der Waals surface area contributed by atoms with Crippen LogP contribution in [-0.2, 0) is 6.42 Å². The first-order chi connectivity index (χ1) is 7.56. The highest BCUT2D eigenvalue weighted by Gasteiger charge is 2.06. The molecule has 0 unspecified atom stereocenters. The third-order valence-electron chi connectivity index (χ3n) is 2.93. The highest BCUT2D eigenvalue weighted by Crippen LogP contribution is 2.19. The summed E-state index contributed by atoms with van der Waals surface area (Å²) in [6.07, 6.45) is 2.24. The topological polar surface area (TPSA) is 28.7 Å². The van der Waals surface area contributed by atoms with Crippen molar-refractivity contribution in [1.82, 2.24) is 9.97 Å². The van der Waals surface area contributed by atoms with Crippen molar-refractivity contribution >= 4 is 11.0 Å². The van der Waals surface area contributed by atoms with Gasteiger partial charge in [-0.2, -0.15) is 0 Å². The predicted molar refractivity (Wildman–Crippen MR) is 68.7 cm³/mol. The fourth-order valence-corrected chi connectivity index (χ4v) is 2.07. The van der Waals surface area contributed by atoms with Gasteiger partial charge in [-0.1, -0.05) is 19.9 Å². The van der Waals surface area contributed by atoms with E-state index in [4.69, 9.17) is 0 Å². The van der Waals surface area contributed by atoms with Crippen molar-refractivity contribution < 1.29 is 0 Å². The van der Waals surface area contributed by atoms with Gasteiger partial charge in [0.05, 0.1) is 11.0 Å². The van der Waals surface area contributed by atoms with E-state index in [9.17, 15) is 0 Å². The van der Waals surface area contributed by atoms with E-state index in [1.165, 1.54) is 23.1 Å². The summed E-state index contributed by atoms with van der Waals surface area (Å²) in [7, 11) is 0. The summed E-state index contributed by atoms with van der Waals surface area (Å²) in [4.78, 5) is 8.09. The number of hydrogen-bond donors (Lipinski definition) is 1. The number of hydrogen-bond acceptors (Lipinski definition) is 1. The molecule has 1 heterocycles. The molecule has 0 aliphatic carbocycles. The van der Waals surface area contributed by atoms with Crippen molar-refractivity contribution in [3.63, 3.8) is 0 Å². The molecule has 2 nitrogen and oxygen atoms in total. The van der Waals surface area contributed by atoms with Crippen LogP contribution >= 0.6 is 0 Å². The maximum absolute atomic E-state index is 4.67. The molecule has 2 aromatic rings.